The molecule has 1 aromatic carbocycles. The zero-order valence-electron chi connectivity index (χ0n) is 8.54. The first-order valence-corrected chi connectivity index (χ1v) is 4.75. The number of hydrogen-bond donors (Lipinski definition) is 1. The zero-order valence-corrected chi connectivity index (χ0v) is 8.54. The number of amides is 1. The molecule has 14 heavy (non-hydrogen) atoms. The van der Waals surface area contributed by atoms with Gasteiger partial charge >= 0.3 is 6.09 Å². The van der Waals surface area contributed by atoms with Crippen LogP contribution in [0.4, 0.5) is 4.79 Å². The van der Waals surface area contributed by atoms with Crippen molar-refractivity contribution in [2.75, 3.05) is 7.05 Å². The summed E-state index contributed by atoms with van der Waals surface area (Å²) >= 11 is 0. The van der Waals surface area contributed by atoms with E-state index in [1.165, 1.54) is 0 Å². The van der Waals surface area contributed by atoms with E-state index in [-0.39, 0.29) is 0 Å². The molecule has 0 saturated carbocycles. The van der Waals surface area contributed by atoms with Gasteiger partial charge in [0.05, 0.1) is 0 Å². The lowest BCUT2D eigenvalue weighted by atomic mass is 10.1. The first-order valence-electron chi connectivity index (χ1n) is 4.75. The van der Waals surface area contributed by atoms with Gasteiger partial charge in [-0.05, 0) is 18.1 Å². The van der Waals surface area contributed by atoms with Crippen LogP contribution in [0, 0.1) is 0 Å². The van der Waals surface area contributed by atoms with Crippen molar-refractivity contribution in [1.82, 2.24) is 5.32 Å². The van der Waals surface area contributed by atoms with Crippen LogP contribution < -0.4 is 10.1 Å². The van der Waals surface area contributed by atoms with E-state index >= 15 is 0 Å². The standard InChI is InChI=1S/C11H15NO2/c1-3-6-9-7-4-5-8-10(9)14-11(13)12-2/h4-5,7-8H,3,6H2,1-2H3,(H,12,13). The van der Waals surface area contributed by atoms with Crippen molar-refractivity contribution in [1.29, 1.82) is 0 Å². The lowest BCUT2D eigenvalue weighted by molar-refractivity contribution is 0.202. The molecule has 3 heteroatoms. The number of aryl methyl sites for hydroxylation is 1. The third kappa shape index (κ3) is 2.76. The van der Waals surface area contributed by atoms with Gasteiger partial charge in [-0.1, -0.05) is 31.5 Å². The number of carbonyl (C=O) groups is 1. The SMILES string of the molecule is CCCc1ccccc1OC(=O)NC. The van der Waals surface area contributed by atoms with E-state index in [4.69, 9.17) is 4.74 Å². The summed E-state index contributed by atoms with van der Waals surface area (Å²) in [5.41, 5.74) is 1.07. The fraction of sp³-hybridized carbons (Fsp3) is 0.364. The van der Waals surface area contributed by atoms with E-state index < -0.39 is 6.09 Å². The second kappa shape index (κ2) is 5.27. The van der Waals surface area contributed by atoms with Crippen molar-refractivity contribution in [3.63, 3.8) is 0 Å². The smallest absolute Gasteiger partial charge is 0.410 e. The predicted octanol–water partition coefficient (Wildman–Crippen LogP) is 2.36. The molecule has 0 unspecified atom stereocenters. The molecule has 1 aromatic rings. The van der Waals surface area contributed by atoms with Crippen LogP contribution in [0.15, 0.2) is 24.3 Å². The van der Waals surface area contributed by atoms with Gasteiger partial charge in [-0.15, -0.1) is 0 Å². The molecule has 1 N–H and O–H groups in total. The molecule has 0 saturated heterocycles. The average Bonchev–Trinajstić information content (AvgIpc) is 2.21. The molecule has 0 radical (unpaired) electrons. The van der Waals surface area contributed by atoms with Crippen molar-refractivity contribution < 1.29 is 9.53 Å². The monoisotopic (exact) mass is 193 g/mol. The quantitative estimate of drug-likeness (QED) is 0.800. The van der Waals surface area contributed by atoms with Crippen LogP contribution in [0.25, 0.3) is 0 Å². The Morgan fingerprint density at radius 2 is 2.14 bits per heavy atom. The Bertz CT molecular complexity index is 310. The van der Waals surface area contributed by atoms with E-state index in [1.54, 1.807) is 13.1 Å². The van der Waals surface area contributed by atoms with E-state index in [2.05, 4.69) is 12.2 Å². The maximum Gasteiger partial charge on any atom is 0.412 e. The highest BCUT2D eigenvalue weighted by molar-refractivity contribution is 5.70. The zero-order chi connectivity index (χ0) is 10.4. The average molecular weight is 193 g/mol. The molecule has 1 amide bonds. The molecule has 76 valence electrons. The number of ether oxygens (including phenoxy) is 1. The van der Waals surface area contributed by atoms with Crippen LogP contribution in [0.2, 0.25) is 0 Å². The normalized spacial score (nSPS) is 9.57. The third-order valence-corrected chi connectivity index (χ3v) is 1.90. The molecule has 0 aliphatic heterocycles. The lowest BCUT2D eigenvalue weighted by Gasteiger charge is -2.08. The van der Waals surface area contributed by atoms with Crippen molar-refractivity contribution in [3.05, 3.63) is 29.8 Å². The van der Waals surface area contributed by atoms with Gasteiger partial charge in [0.25, 0.3) is 0 Å². The fourth-order valence-corrected chi connectivity index (χ4v) is 1.23. The molecule has 0 aliphatic rings. The highest BCUT2D eigenvalue weighted by Crippen LogP contribution is 2.19. The summed E-state index contributed by atoms with van der Waals surface area (Å²) in [5.74, 6) is 0.647. The van der Waals surface area contributed by atoms with Gasteiger partial charge in [0.1, 0.15) is 5.75 Å². The Labute approximate surface area is 84.1 Å². The molecular formula is C11H15NO2. The van der Waals surface area contributed by atoms with Crippen LogP contribution in [-0.4, -0.2) is 13.1 Å². The molecule has 3 nitrogen and oxygen atoms in total. The summed E-state index contributed by atoms with van der Waals surface area (Å²) in [6, 6.07) is 7.58. The predicted molar refractivity (Wildman–Crippen MR) is 55.5 cm³/mol. The number of para-hydroxylation sites is 1. The van der Waals surface area contributed by atoms with Crippen LogP contribution in [0.1, 0.15) is 18.9 Å². The largest absolute Gasteiger partial charge is 0.412 e. The molecule has 0 fully saturated rings. The number of carbonyl (C=O) groups excluding carboxylic acids is 1. The summed E-state index contributed by atoms with van der Waals surface area (Å²) in [4.78, 5) is 11.0. The molecule has 0 spiro atoms. The lowest BCUT2D eigenvalue weighted by Crippen LogP contribution is -2.22. The number of hydrogen-bond acceptors (Lipinski definition) is 2. The van der Waals surface area contributed by atoms with Crippen molar-refractivity contribution in [2.24, 2.45) is 0 Å². The van der Waals surface area contributed by atoms with Gasteiger partial charge < -0.3 is 10.1 Å². The van der Waals surface area contributed by atoms with Gasteiger partial charge in [0.15, 0.2) is 0 Å². The summed E-state index contributed by atoms with van der Waals surface area (Å²) < 4.78 is 5.10. The molecule has 0 atom stereocenters. The van der Waals surface area contributed by atoms with Crippen molar-refractivity contribution in [3.8, 4) is 5.75 Å². The Morgan fingerprint density at radius 3 is 2.79 bits per heavy atom. The van der Waals surface area contributed by atoms with E-state index in [1.807, 2.05) is 18.2 Å². The van der Waals surface area contributed by atoms with E-state index in [0.717, 1.165) is 18.4 Å². The highest BCUT2D eigenvalue weighted by Gasteiger charge is 2.05. The van der Waals surface area contributed by atoms with Crippen LogP contribution in [0.5, 0.6) is 5.75 Å². The van der Waals surface area contributed by atoms with Gasteiger partial charge in [0, 0.05) is 7.05 Å². The summed E-state index contributed by atoms with van der Waals surface area (Å²) in [7, 11) is 1.55. The highest BCUT2D eigenvalue weighted by atomic mass is 16.6. The first kappa shape index (κ1) is 10.6. The van der Waals surface area contributed by atoms with Gasteiger partial charge in [-0.2, -0.15) is 0 Å². The fourth-order valence-electron chi connectivity index (χ4n) is 1.23. The second-order valence-electron chi connectivity index (χ2n) is 3.00. The minimum Gasteiger partial charge on any atom is -0.410 e. The molecular weight excluding hydrogens is 178 g/mol. The molecule has 0 aliphatic carbocycles. The second-order valence-corrected chi connectivity index (χ2v) is 3.00. The molecule has 1 rings (SSSR count). The van der Waals surface area contributed by atoms with Gasteiger partial charge in [0.2, 0.25) is 0 Å². The maximum absolute atomic E-state index is 11.0. The summed E-state index contributed by atoms with van der Waals surface area (Å²) in [6.07, 6.45) is 1.54. The Kier molecular flexibility index (Phi) is 3.98. The maximum atomic E-state index is 11.0. The van der Waals surface area contributed by atoms with E-state index in [9.17, 15) is 4.79 Å². The summed E-state index contributed by atoms with van der Waals surface area (Å²) in [6.45, 7) is 2.09. The van der Waals surface area contributed by atoms with E-state index in [0.29, 0.717) is 5.75 Å². The van der Waals surface area contributed by atoms with Crippen molar-refractivity contribution >= 4 is 6.09 Å². The summed E-state index contributed by atoms with van der Waals surface area (Å²) in [5, 5.41) is 2.42. The van der Waals surface area contributed by atoms with Crippen LogP contribution >= 0.6 is 0 Å². The van der Waals surface area contributed by atoms with Crippen molar-refractivity contribution in [2.45, 2.75) is 19.8 Å². The first-order chi connectivity index (χ1) is 6.77. The molecule has 0 heterocycles. The number of rotatable bonds is 3. The van der Waals surface area contributed by atoms with Crippen LogP contribution in [-0.2, 0) is 6.42 Å². The Hall–Kier alpha value is -1.51. The van der Waals surface area contributed by atoms with Gasteiger partial charge in [-0.3, -0.25) is 0 Å². The minimum atomic E-state index is -0.423. The van der Waals surface area contributed by atoms with Gasteiger partial charge in [-0.25, -0.2) is 4.79 Å². The topological polar surface area (TPSA) is 38.3 Å². The molecule has 0 bridgehead atoms. The minimum absolute atomic E-state index is 0.423. The number of benzene rings is 1. The number of nitrogens with one attached hydrogen (secondary N) is 1. The third-order valence-electron chi connectivity index (χ3n) is 1.90. The Balaban J connectivity index is 2.78. The Morgan fingerprint density at radius 1 is 1.43 bits per heavy atom. The van der Waals surface area contributed by atoms with Crippen LogP contribution in [0.3, 0.4) is 0 Å². The molecule has 0 aromatic heterocycles.